The Labute approximate surface area is 82.1 Å². The molecule has 1 rings (SSSR count). The first-order valence-electron chi connectivity index (χ1n) is 4.19. The molecule has 1 heterocycles. The fourth-order valence-corrected chi connectivity index (χ4v) is 1.77. The Kier molecular flexibility index (Phi) is 4.92. The minimum Gasteiger partial charge on any atom is -0.385 e. The van der Waals surface area contributed by atoms with Gasteiger partial charge in [0.1, 0.15) is 0 Å². The van der Waals surface area contributed by atoms with Gasteiger partial charge in [0.25, 0.3) is 0 Å². The lowest BCUT2D eigenvalue weighted by atomic mass is 10.1. The lowest BCUT2D eigenvalue weighted by molar-refractivity contribution is 0.182. The Morgan fingerprint density at radius 2 is 2.62 bits per heavy atom. The number of nitrogens with two attached hydrogens (primary N) is 1. The molecule has 1 atom stereocenters. The normalized spacial score (nSPS) is 13.1. The summed E-state index contributed by atoms with van der Waals surface area (Å²) in [6.07, 6.45) is 3.72. The molecule has 74 valence electrons. The van der Waals surface area contributed by atoms with Crippen molar-refractivity contribution in [2.24, 2.45) is 5.84 Å². The SMILES string of the molecule is COCCC(Cc1cncs1)NN. The molecule has 0 saturated heterocycles. The number of hydrogen-bond donors (Lipinski definition) is 2. The van der Waals surface area contributed by atoms with Crippen LogP contribution >= 0.6 is 11.3 Å². The Hall–Kier alpha value is -0.490. The van der Waals surface area contributed by atoms with Gasteiger partial charge in [0, 0.05) is 37.3 Å². The monoisotopic (exact) mass is 201 g/mol. The van der Waals surface area contributed by atoms with Crippen molar-refractivity contribution < 1.29 is 4.74 Å². The molecule has 0 aliphatic rings. The van der Waals surface area contributed by atoms with Crippen LogP contribution in [-0.2, 0) is 11.2 Å². The third-order valence-corrected chi connectivity index (χ3v) is 2.64. The molecule has 0 bridgehead atoms. The van der Waals surface area contributed by atoms with Crippen LogP contribution in [0.4, 0.5) is 0 Å². The largest absolute Gasteiger partial charge is 0.385 e. The Balaban J connectivity index is 2.31. The highest BCUT2D eigenvalue weighted by molar-refractivity contribution is 7.09. The van der Waals surface area contributed by atoms with Crippen LogP contribution in [0.15, 0.2) is 11.7 Å². The molecule has 1 aromatic rings. The molecule has 13 heavy (non-hydrogen) atoms. The van der Waals surface area contributed by atoms with E-state index in [1.165, 1.54) is 4.88 Å². The summed E-state index contributed by atoms with van der Waals surface area (Å²) in [5.41, 5.74) is 4.61. The molecule has 0 amide bonds. The second-order valence-corrected chi connectivity index (χ2v) is 3.79. The Bertz CT molecular complexity index is 215. The maximum absolute atomic E-state index is 5.41. The van der Waals surface area contributed by atoms with Crippen LogP contribution < -0.4 is 11.3 Å². The predicted molar refractivity (Wildman–Crippen MR) is 53.4 cm³/mol. The van der Waals surface area contributed by atoms with E-state index in [-0.39, 0.29) is 6.04 Å². The smallest absolute Gasteiger partial charge is 0.0794 e. The van der Waals surface area contributed by atoms with Crippen LogP contribution in [-0.4, -0.2) is 24.7 Å². The third kappa shape index (κ3) is 3.82. The average Bonchev–Trinajstić information content (AvgIpc) is 2.64. The molecule has 5 heteroatoms. The van der Waals surface area contributed by atoms with Gasteiger partial charge in [0.2, 0.25) is 0 Å². The highest BCUT2D eigenvalue weighted by Gasteiger charge is 2.07. The van der Waals surface area contributed by atoms with E-state index in [4.69, 9.17) is 10.6 Å². The zero-order valence-electron chi connectivity index (χ0n) is 7.69. The van der Waals surface area contributed by atoms with Gasteiger partial charge in [-0.15, -0.1) is 11.3 Å². The number of rotatable bonds is 6. The van der Waals surface area contributed by atoms with E-state index in [1.54, 1.807) is 18.4 Å². The minimum atomic E-state index is 0.278. The quantitative estimate of drug-likeness (QED) is 0.521. The molecular formula is C8H15N3OS. The summed E-state index contributed by atoms with van der Waals surface area (Å²) in [5.74, 6) is 5.41. The summed E-state index contributed by atoms with van der Waals surface area (Å²) >= 11 is 1.65. The number of aromatic nitrogens is 1. The highest BCUT2D eigenvalue weighted by Crippen LogP contribution is 2.09. The lowest BCUT2D eigenvalue weighted by Gasteiger charge is -2.13. The molecule has 1 aromatic heterocycles. The molecule has 1 unspecified atom stereocenters. The van der Waals surface area contributed by atoms with Gasteiger partial charge < -0.3 is 4.74 Å². The molecule has 0 spiro atoms. The van der Waals surface area contributed by atoms with Crippen LogP contribution in [0, 0.1) is 0 Å². The van der Waals surface area contributed by atoms with Crippen LogP contribution in [0.2, 0.25) is 0 Å². The molecule has 0 fully saturated rings. The summed E-state index contributed by atoms with van der Waals surface area (Å²) in [7, 11) is 1.69. The van der Waals surface area contributed by atoms with Gasteiger partial charge in [-0.2, -0.15) is 0 Å². The zero-order chi connectivity index (χ0) is 9.52. The number of ether oxygens (including phenoxy) is 1. The van der Waals surface area contributed by atoms with Crippen LogP contribution in [0.25, 0.3) is 0 Å². The van der Waals surface area contributed by atoms with Gasteiger partial charge in [-0.3, -0.25) is 16.3 Å². The van der Waals surface area contributed by atoms with Crippen molar-refractivity contribution in [2.75, 3.05) is 13.7 Å². The fraction of sp³-hybridized carbons (Fsp3) is 0.625. The Morgan fingerprint density at radius 3 is 3.15 bits per heavy atom. The lowest BCUT2D eigenvalue weighted by Crippen LogP contribution is -2.37. The van der Waals surface area contributed by atoms with Gasteiger partial charge in [-0.05, 0) is 6.42 Å². The molecular weight excluding hydrogens is 186 g/mol. The van der Waals surface area contributed by atoms with Gasteiger partial charge in [-0.25, -0.2) is 0 Å². The predicted octanol–water partition coefficient (Wildman–Crippen LogP) is 0.554. The van der Waals surface area contributed by atoms with Crippen molar-refractivity contribution in [2.45, 2.75) is 18.9 Å². The second-order valence-electron chi connectivity index (χ2n) is 2.82. The van der Waals surface area contributed by atoms with Gasteiger partial charge in [0.15, 0.2) is 0 Å². The van der Waals surface area contributed by atoms with E-state index in [0.717, 1.165) is 19.4 Å². The van der Waals surface area contributed by atoms with Crippen molar-refractivity contribution in [3.05, 3.63) is 16.6 Å². The molecule has 0 radical (unpaired) electrons. The zero-order valence-corrected chi connectivity index (χ0v) is 8.51. The fourth-order valence-electron chi connectivity index (χ4n) is 1.09. The van der Waals surface area contributed by atoms with Gasteiger partial charge in [0.05, 0.1) is 5.51 Å². The number of nitrogens with one attached hydrogen (secondary N) is 1. The summed E-state index contributed by atoms with van der Waals surface area (Å²) in [5, 5.41) is 0. The maximum atomic E-state index is 5.41. The molecule has 0 saturated carbocycles. The van der Waals surface area contributed by atoms with Gasteiger partial charge >= 0.3 is 0 Å². The first-order valence-corrected chi connectivity index (χ1v) is 5.07. The first-order chi connectivity index (χ1) is 6.36. The Morgan fingerprint density at radius 1 is 1.77 bits per heavy atom. The number of methoxy groups -OCH3 is 1. The van der Waals surface area contributed by atoms with Crippen LogP contribution in [0.1, 0.15) is 11.3 Å². The summed E-state index contributed by atoms with van der Waals surface area (Å²) < 4.78 is 4.99. The van der Waals surface area contributed by atoms with E-state index in [0.29, 0.717) is 0 Å². The van der Waals surface area contributed by atoms with E-state index in [1.807, 2.05) is 11.7 Å². The maximum Gasteiger partial charge on any atom is 0.0794 e. The molecule has 0 aliphatic heterocycles. The minimum absolute atomic E-state index is 0.278. The van der Waals surface area contributed by atoms with E-state index in [9.17, 15) is 0 Å². The standard InChI is InChI=1S/C8H15N3OS/c1-12-3-2-7(11-9)4-8-5-10-6-13-8/h5-7,11H,2-4,9H2,1H3. The van der Waals surface area contributed by atoms with Crippen LogP contribution in [0.5, 0.6) is 0 Å². The third-order valence-electron chi connectivity index (χ3n) is 1.84. The van der Waals surface area contributed by atoms with Crippen molar-refractivity contribution >= 4 is 11.3 Å². The average molecular weight is 201 g/mol. The summed E-state index contributed by atoms with van der Waals surface area (Å²) in [6.45, 7) is 0.730. The number of thiazole rings is 1. The number of nitrogens with zero attached hydrogens (tertiary/aromatic N) is 1. The summed E-state index contributed by atoms with van der Waals surface area (Å²) in [4.78, 5) is 5.26. The van der Waals surface area contributed by atoms with E-state index in [2.05, 4.69) is 10.4 Å². The molecule has 0 aliphatic carbocycles. The number of hydrazine groups is 1. The highest BCUT2D eigenvalue weighted by atomic mass is 32.1. The first kappa shape index (κ1) is 10.6. The number of hydrogen-bond acceptors (Lipinski definition) is 5. The van der Waals surface area contributed by atoms with E-state index < -0.39 is 0 Å². The van der Waals surface area contributed by atoms with Crippen LogP contribution in [0.3, 0.4) is 0 Å². The van der Waals surface area contributed by atoms with Crippen molar-refractivity contribution in [1.29, 1.82) is 0 Å². The molecule has 3 N–H and O–H groups in total. The van der Waals surface area contributed by atoms with Crippen molar-refractivity contribution in [1.82, 2.24) is 10.4 Å². The molecule has 0 aromatic carbocycles. The van der Waals surface area contributed by atoms with Crippen molar-refractivity contribution in [3.63, 3.8) is 0 Å². The van der Waals surface area contributed by atoms with E-state index >= 15 is 0 Å². The van der Waals surface area contributed by atoms with Crippen molar-refractivity contribution in [3.8, 4) is 0 Å². The molecule has 4 nitrogen and oxygen atoms in total. The van der Waals surface area contributed by atoms with Gasteiger partial charge in [-0.1, -0.05) is 0 Å². The second kappa shape index (κ2) is 6.04. The topological polar surface area (TPSA) is 60.2 Å². The summed E-state index contributed by atoms with van der Waals surface area (Å²) in [6, 6.07) is 0.278.